The number of allylic oxidation sites excluding steroid dienone is 2. The van der Waals surface area contributed by atoms with Crippen LogP contribution in [0.2, 0.25) is 0 Å². The number of hydrogen-bond acceptors (Lipinski definition) is 4. The molecule has 480 valence electrons. The van der Waals surface area contributed by atoms with Crippen LogP contribution in [0.15, 0.2) is 133 Å². The average Bonchev–Trinajstić information content (AvgIpc) is 0.825. The lowest BCUT2D eigenvalue weighted by molar-refractivity contribution is -0.00763. The second-order valence-electron chi connectivity index (χ2n) is 36.8. The molecule has 0 bridgehead atoms. The van der Waals surface area contributed by atoms with Gasteiger partial charge in [-0.05, 0) is 194 Å². The fourth-order valence-electron chi connectivity index (χ4n) is 12.3. The highest BCUT2D eigenvalue weighted by atomic mass is 31.2. The van der Waals surface area contributed by atoms with E-state index in [1.807, 2.05) is 0 Å². The zero-order valence-corrected chi connectivity index (χ0v) is 62.7. The molecule has 0 radical (unpaired) electrons. The molecule has 1 aliphatic heterocycles. The van der Waals surface area contributed by atoms with Crippen molar-refractivity contribution in [2.24, 2.45) is 0 Å². The lowest BCUT2D eigenvalue weighted by Crippen LogP contribution is -2.32. The molecule has 6 aromatic carbocycles. The highest BCUT2D eigenvalue weighted by Gasteiger charge is 2.41. The van der Waals surface area contributed by atoms with Gasteiger partial charge in [0.1, 0.15) is 6.61 Å². The van der Waals surface area contributed by atoms with Crippen LogP contribution in [0.25, 0.3) is 0 Å². The van der Waals surface area contributed by atoms with E-state index in [1.54, 1.807) is 0 Å². The van der Waals surface area contributed by atoms with Gasteiger partial charge < -0.3 is 18.6 Å². The summed E-state index contributed by atoms with van der Waals surface area (Å²) in [4.78, 5) is 0. The summed E-state index contributed by atoms with van der Waals surface area (Å²) in [5.41, 5.74) is 11.7. The van der Waals surface area contributed by atoms with Gasteiger partial charge in [0.25, 0.3) is 0 Å². The molecule has 4 nitrogen and oxygen atoms in total. The SMILES string of the molecule is CC(C)(C)c1cc(C(C)(C)C)cc(P(=O)(c2cc(C(C)(C)C)cc(C(C)(C)C)c2)c2ccc(C3C=C4OCC(c5ccc(P(=O)(c6cc(C(C)(C)C)cc(C(C)(C)C)c6)c6cc(C(C)(C)C)cc(C(C)(C)C)c6)cc5C(C)(C)C)OC4=C3)c(C(C)(C)C)c2)c1. The molecule has 1 saturated heterocycles. The van der Waals surface area contributed by atoms with Crippen molar-refractivity contribution < 1.29 is 18.6 Å². The third kappa shape index (κ3) is 14.4. The fraction of sp³-hybridized carbons (Fsp3) is 0.518. The van der Waals surface area contributed by atoms with Crippen LogP contribution in [-0.2, 0) is 72.8 Å². The molecule has 6 heteroatoms. The summed E-state index contributed by atoms with van der Waals surface area (Å²) < 4.78 is 49.0. The molecule has 2 aliphatic rings. The first-order chi connectivity index (χ1) is 40.1. The van der Waals surface area contributed by atoms with E-state index < -0.39 is 20.4 Å². The summed E-state index contributed by atoms with van der Waals surface area (Å²) in [6, 6.07) is 40.6. The molecule has 2 unspecified atom stereocenters. The lowest BCUT2D eigenvalue weighted by atomic mass is 9.80. The first-order valence-corrected chi connectivity index (χ1v) is 36.4. The van der Waals surface area contributed by atoms with Gasteiger partial charge in [0.05, 0.1) is 0 Å². The Morgan fingerprint density at radius 1 is 0.292 bits per heavy atom. The molecule has 0 amide bonds. The molecule has 89 heavy (non-hydrogen) atoms. The van der Waals surface area contributed by atoms with Gasteiger partial charge in [-0.15, -0.1) is 0 Å². The second-order valence-corrected chi connectivity index (χ2v) is 42.4. The van der Waals surface area contributed by atoms with Crippen LogP contribution in [0.3, 0.4) is 0 Å². The van der Waals surface area contributed by atoms with Crippen LogP contribution < -0.4 is 31.8 Å². The van der Waals surface area contributed by atoms with Crippen molar-refractivity contribution in [2.75, 3.05) is 6.61 Å². The zero-order valence-electron chi connectivity index (χ0n) is 60.9. The van der Waals surface area contributed by atoms with E-state index in [-0.39, 0.29) is 60.1 Å². The zero-order chi connectivity index (χ0) is 67.0. The Hall–Kier alpha value is -5.14. The molecule has 0 N–H and O–H groups in total. The van der Waals surface area contributed by atoms with Gasteiger partial charge in [-0.1, -0.05) is 256 Å². The number of ether oxygens (including phenoxy) is 2. The topological polar surface area (TPSA) is 52.6 Å². The lowest BCUT2D eigenvalue weighted by Gasteiger charge is -2.34. The molecule has 0 saturated carbocycles. The molecule has 0 spiro atoms. The average molecular weight is 1240 g/mol. The van der Waals surface area contributed by atoms with Gasteiger partial charge in [-0.3, -0.25) is 0 Å². The van der Waals surface area contributed by atoms with Crippen LogP contribution >= 0.6 is 14.3 Å². The highest BCUT2D eigenvalue weighted by Crippen LogP contribution is 2.52. The Kier molecular flexibility index (Phi) is 17.9. The molecule has 6 aromatic rings. The van der Waals surface area contributed by atoms with E-state index in [9.17, 15) is 0 Å². The summed E-state index contributed by atoms with van der Waals surface area (Å²) in [6.07, 6.45) is 4.01. The van der Waals surface area contributed by atoms with Gasteiger partial charge in [0.15, 0.2) is 31.9 Å². The minimum Gasteiger partial charge on any atom is -0.486 e. The van der Waals surface area contributed by atoms with Crippen LogP contribution in [0.4, 0.5) is 0 Å². The Labute approximate surface area is 541 Å². The van der Waals surface area contributed by atoms with E-state index in [0.717, 1.165) is 65.6 Å². The van der Waals surface area contributed by atoms with Gasteiger partial charge in [0.2, 0.25) is 0 Å². The summed E-state index contributed by atoms with van der Waals surface area (Å²) in [7, 11) is -7.17. The molecule has 1 aliphatic carbocycles. The van der Waals surface area contributed by atoms with E-state index in [0.29, 0.717) is 6.61 Å². The van der Waals surface area contributed by atoms with Crippen LogP contribution in [0.5, 0.6) is 0 Å². The van der Waals surface area contributed by atoms with Crippen LogP contribution in [0, 0.1) is 0 Å². The molecular formula is C83H114O4P2. The summed E-state index contributed by atoms with van der Waals surface area (Å²) in [5.74, 6) is 1.30. The maximum absolute atomic E-state index is 17.5. The van der Waals surface area contributed by atoms with Crippen molar-refractivity contribution in [3.05, 3.63) is 200 Å². The quantitative estimate of drug-likeness (QED) is 0.143. The van der Waals surface area contributed by atoms with Gasteiger partial charge in [0, 0.05) is 37.7 Å². The van der Waals surface area contributed by atoms with Crippen molar-refractivity contribution in [3.63, 3.8) is 0 Å². The first-order valence-electron chi connectivity index (χ1n) is 33.0. The molecule has 1 fully saturated rings. The molecule has 0 aromatic heterocycles. The highest BCUT2D eigenvalue weighted by molar-refractivity contribution is 7.85. The molecular weight excluding hydrogens is 1120 g/mol. The van der Waals surface area contributed by atoms with Crippen molar-refractivity contribution in [3.8, 4) is 0 Å². The van der Waals surface area contributed by atoms with Crippen molar-refractivity contribution in [2.45, 2.75) is 274 Å². The summed E-state index contributed by atoms with van der Waals surface area (Å²) in [5, 5.41) is 5.12. The predicted octanol–water partition coefficient (Wildman–Crippen LogP) is 20.6. The van der Waals surface area contributed by atoms with Crippen LogP contribution in [0.1, 0.15) is 286 Å². The number of hydrogen-bond donors (Lipinski definition) is 0. The van der Waals surface area contributed by atoms with Crippen molar-refractivity contribution in [1.82, 2.24) is 0 Å². The summed E-state index contributed by atoms with van der Waals surface area (Å²) in [6.45, 7) is 68.1. The smallest absolute Gasteiger partial charge is 0.171 e. The first kappa shape index (κ1) is 69.7. The predicted molar refractivity (Wildman–Crippen MR) is 387 cm³/mol. The van der Waals surface area contributed by atoms with Gasteiger partial charge in [-0.25, -0.2) is 0 Å². The van der Waals surface area contributed by atoms with E-state index >= 15 is 9.13 Å². The standard InChI is InChI=1S/C83H114O4P2/c1-74(2,3)53-37-54(75(4,5)6)42-63(41-53)88(84,64-43-55(76(7,8)9)38-56(44-64)77(10,11)12)61-31-33-67(69(49-61)82(25,26)27)52-35-71-72(36-52)87-73(51-86-71)68-34-32-62(50-70(68)83(28,29)30)89(85,65-45-57(78(13,14)15)39-58(46-65)79(16,17)18)66-47-59(80(19,20)21)40-60(48-66)81(22,23)24/h31-50,52,73H,51H2,1-30H3. The number of fused-ring (bicyclic) bond motifs is 1. The van der Waals surface area contributed by atoms with E-state index in [2.05, 4.69) is 329 Å². The number of benzene rings is 6. The third-order valence-electron chi connectivity index (χ3n) is 18.7. The Morgan fingerprint density at radius 3 is 0.798 bits per heavy atom. The van der Waals surface area contributed by atoms with Crippen molar-refractivity contribution in [1.29, 1.82) is 0 Å². The van der Waals surface area contributed by atoms with Gasteiger partial charge in [-0.2, -0.15) is 0 Å². The third-order valence-corrected chi connectivity index (χ3v) is 24.7. The molecule has 1 heterocycles. The Morgan fingerprint density at radius 2 is 0.539 bits per heavy atom. The fourth-order valence-corrected chi connectivity index (χ4v) is 17.9. The Balaban J connectivity index is 1.29. The van der Waals surface area contributed by atoms with Crippen molar-refractivity contribution >= 4 is 46.1 Å². The van der Waals surface area contributed by atoms with Gasteiger partial charge >= 0.3 is 0 Å². The maximum atomic E-state index is 17.5. The normalized spacial score (nSPS) is 17.0. The molecule has 8 rings (SSSR count). The minimum absolute atomic E-state index is 0.158. The van der Waals surface area contributed by atoms with E-state index in [1.165, 1.54) is 44.5 Å². The second kappa shape index (κ2) is 22.9. The van der Waals surface area contributed by atoms with E-state index in [4.69, 9.17) is 9.47 Å². The molecule has 2 atom stereocenters. The minimum atomic E-state index is -3.59. The summed E-state index contributed by atoms with van der Waals surface area (Å²) >= 11 is 0. The number of rotatable bonds is 8. The van der Waals surface area contributed by atoms with Crippen LogP contribution in [-0.4, -0.2) is 6.61 Å². The Bertz CT molecular complexity index is 3570. The maximum Gasteiger partial charge on any atom is 0.171 e. The monoisotopic (exact) mass is 1240 g/mol. The largest absolute Gasteiger partial charge is 0.486 e.